The van der Waals surface area contributed by atoms with Gasteiger partial charge in [-0.05, 0) is 130 Å². The van der Waals surface area contributed by atoms with Crippen LogP contribution in [0, 0.1) is 0 Å². The van der Waals surface area contributed by atoms with Gasteiger partial charge in [0.15, 0.2) is 0 Å². The van der Waals surface area contributed by atoms with E-state index in [1.807, 2.05) is 0 Å². The van der Waals surface area contributed by atoms with E-state index in [0.717, 1.165) is 10.6 Å². The summed E-state index contributed by atoms with van der Waals surface area (Å²) in [7, 11) is -2.06. The Kier molecular flexibility index (Phi) is 6.82. The second-order valence-corrected chi connectivity index (χ2v) is 22.1. The van der Waals surface area contributed by atoms with Gasteiger partial charge in [-0.25, -0.2) is 0 Å². The van der Waals surface area contributed by atoms with Crippen molar-refractivity contribution in [3.63, 3.8) is 0 Å². The summed E-state index contributed by atoms with van der Waals surface area (Å²) in [6.45, 7) is 8.55. The van der Waals surface area contributed by atoms with Crippen molar-refractivity contribution < 1.29 is 9.53 Å². The Balaban J connectivity index is 1.51. The third kappa shape index (κ3) is 4.51. The van der Waals surface area contributed by atoms with Gasteiger partial charge in [-0.3, -0.25) is 4.79 Å². The second kappa shape index (κ2) is 11.9. The van der Waals surface area contributed by atoms with Crippen LogP contribution in [0.5, 0.6) is 5.75 Å². The van der Waals surface area contributed by atoms with Crippen LogP contribution >= 0.6 is 0 Å². The fraction of sp³-hybridized carbons (Fsp3) is 0.0727. The van der Waals surface area contributed by atoms with Gasteiger partial charge in [-0.1, -0.05) is 171 Å². The Bertz CT molecular complexity index is 3830. The number of rotatable bonds is 2. The lowest BCUT2D eigenvalue weighted by Crippen LogP contribution is -2.39. The van der Waals surface area contributed by atoms with Crippen molar-refractivity contribution in [2.75, 3.05) is 0 Å². The first-order chi connectivity index (χ1) is 28.3. The van der Waals surface area contributed by atoms with Crippen molar-refractivity contribution in [2.45, 2.75) is 26.6 Å². The largest absolute Gasteiger partial charge is 0.427 e. The molecule has 0 spiro atoms. The average molecular weight is 759 g/mol. The molecule has 0 amide bonds. The highest BCUT2D eigenvalue weighted by atomic mass is 28.3. The highest BCUT2D eigenvalue weighted by Crippen LogP contribution is 2.52. The molecule has 0 unspecified atom stereocenters. The summed E-state index contributed by atoms with van der Waals surface area (Å²) in [5.41, 5.74) is 0. The van der Waals surface area contributed by atoms with Crippen LogP contribution in [-0.2, 0) is 4.79 Å². The van der Waals surface area contributed by atoms with Gasteiger partial charge in [-0.15, -0.1) is 0 Å². The van der Waals surface area contributed by atoms with E-state index in [4.69, 9.17) is 4.74 Å². The van der Waals surface area contributed by atoms with E-state index in [0.29, 0.717) is 5.75 Å². The minimum atomic E-state index is -2.06. The van der Waals surface area contributed by atoms with Crippen molar-refractivity contribution in [3.8, 4) is 5.75 Å². The molecule has 0 N–H and O–H groups in total. The monoisotopic (exact) mass is 758 g/mol. The maximum atomic E-state index is 12.9. The van der Waals surface area contributed by atoms with Gasteiger partial charge in [0.25, 0.3) is 0 Å². The van der Waals surface area contributed by atoms with Crippen molar-refractivity contribution >= 4 is 138 Å². The second-order valence-electron chi connectivity index (χ2n) is 17.1. The first-order valence-corrected chi connectivity index (χ1v) is 23.7. The number of carbonyl (C=O) groups is 1. The van der Waals surface area contributed by atoms with Gasteiger partial charge >= 0.3 is 5.97 Å². The molecule has 0 aromatic heterocycles. The summed E-state index contributed by atoms with van der Waals surface area (Å²) in [5, 5.41) is 28.2. The minimum Gasteiger partial charge on any atom is -0.427 e. The molecular formula is C55H38O2Si. The van der Waals surface area contributed by atoms with Gasteiger partial charge < -0.3 is 4.74 Å². The topological polar surface area (TPSA) is 26.3 Å². The highest BCUT2D eigenvalue weighted by Gasteiger charge is 2.28. The van der Waals surface area contributed by atoms with Crippen LogP contribution in [0.2, 0.25) is 19.6 Å². The molecule has 0 radical (unpaired) electrons. The van der Waals surface area contributed by atoms with Gasteiger partial charge in [-0.2, -0.15) is 0 Å². The van der Waals surface area contributed by atoms with Crippen LogP contribution in [-0.4, -0.2) is 14.0 Å². The Morgan fingerprint density at radius 3 is 1.02 bits per heavy atom. The zero-order chi connectivity index (χ0) is 39.0. The number of benzene rings is 12. The average Bonchev–Trinajstić information content (AvgIpc) is 3.24. The molecule has 12 aromatic rings. The van der Waals surface area contributed by atoms with Gasteiger partial charge in [0, 0.05) is 6.92 Å². The summed E-state index contributed by atoms with van der Waals surface area (Å²) in [6, 6.07) is 58.6. The molecule has 0 aliphatic heterocycles. The fourth-order valence-electron chi connectivity index (χ4n) is 10.4. The van der Waals surface area contributed by atoms with Crippen LogP contribution < -0.4 is 9.92 Å². The third-order valence-corrected chi connectivity index (χ3v) is 14.8. The predicted octanol–water partition coefficient (Wildman–Crippen LogP) is 14.8. The summed E-state index contributed by atoms with van der Waals surface area (Å²) in [5.74, 6) is 0.375. The smallest absolute Gasteiger partial charge is 0.308 e. The molecule has 274 valence electrons. The van der Waals surface area contributed by atoms with E-state index in [-0.39, 0.29) is 5.97 Å². The quantitative estimate of drug-likeness (QED) is 0.0759. The Morgan fingerprint density at radius 1 is 0.362 bits per heavy atom. The molecule has 2 nitrogen and oxygen atoms in total. The number of hydrogen-bond acceptors (Lipinski definition) is 2. The SMILES string of the molecule is CC(=O)Oc1cc2c(cc1[Si](C)(C)C)c1c3ccc4ccccc4c3c3c4ccccc4ccc3c1c1c3ccc4ccccc4c3c3c4ccccc4ccc3c21. The van der Waals surface area contributed by atoms with Crippen LogP contribution in [0.15, 0.2) is 158 Å². The molecule has 0 aliphatic rings. The zero-order valence-corrected chi connectivity index (χ0v) is 33.8. The molecule has 3 heteroatoms. The number of esters is 1. The molecule has 0 atom stereocenters. The Labute approximate surface area is 335 Å². The summed E-state index contributed by atoms with van der Waals surface area (Å²) < 4.78 is 6.23. The highest BCUT2D eigenvalue weighted by molar-refractivity contribution is 6.89. The molecule has 0 saturated heterocycles. The number of hydrogen-bond donors (Lipinski definition) is 0. The van der Waals surface area contributed by atoms with Crippen LogP contribution in [0.25, 0.3) is 118 Å². The lowest BCUT2D eigenvalue weighted by Gasteiger charge is -2.25. The molecular weight excluding hydrogens is 721 g/mol. The zero-order valence-electron chi connectivity index (χ0n) is 32.8. The molecule has 12 aromatic carbocycles. The van der Waals surface area contributed by atoms with Crippen LogP contribution in [0.3, 0.4) is 0 Å². The number of carbonyl (C=O) groups excluding carboxylic acids is 1. The maximum absolute atomic E-state index is 12.9. The van der Waals surface area contributed by atoms with Crippen molar-refractivity contribution in [3.05, 3.63) is 158 Å². The fourth-order valence-corrected chi connectivity index (χ4v) is 11.9. The lowest BCUT2D eigenvalue weighted by molar-refractivity contribution is -0.131. The summed E-state index contributed by atoms with van der Waals surface area (Å²) in [4.78, 5) is 12.9. The Morgan fingerprint density at radius 2 is 0.672 bits per heavy atom. The van der Waals surface area contributed by atoms with Crippen LogP contribution in [0.1, 0.15) is 6.92 Å². The van der Waals surface area contributed by atoms with Gasteiger partial charge in [0.2, 0.25) is 0 Å². The van der Waals surface area contributed by atoms with E-state index in [2.05, 4.69) is 177 Å². The molecule has 0 fully saturated rings. The van der Waals surface area contributed by atoms with Crippen LogP contribution in [0.4, 0.5) is 0 Å². The molecule has 0 saturated carbocycles. The van der Waals surface area contributed by atoms with Gasteiger partial charge in [0.1, 0.15) is 5.75 Å². The van der Waals surface area contributed by atoms with E-state index in [9.17, 15) is 4.79 Å². The van der Waals surface area contributed by atoms with Crippen molar-refractivity contribution in [2.24, 2.45) is 0 Å². The maximum Gasteiger partial charge on any atom is 0.308 e. The van der Waals surface area contributed by atoms with Gasteiger partial charge in [0.05, 0.1) is 8.07 Å². The third-order valence-electron chi connectivity index (χ3n) is 12.8. The van der Waals surface area contributed by atoms with E-state index >= 15 is 0 Å². The van der Waals surface area contributed by atoms with Crippen molar-refractivity contribution in [1.29, 1.82) is 0 Å². The van der Waals surface area contributed by atoms with E-state index in [1.54, 1.807) is 0 Å². The first kappa shape index (κ1) is 33.3. The predicted molar refractivity (Wildman–Crippen MR) is 253 cm³/mol. The van der Waals surface area contributed by atoms with E-state index in [1.165, 1.54) is 120 Å². The lowest BCUT2D eigenvalue weighted by atomic mass is 9.80. The van der Waals surface area contributed by atoms with E-state index < -0.39 is 8.07 Å². The minimum absolute atomic E-state index is 0.300. The normalized spacial score (nSPS) is 12.6. The Hall–Kier alpha value is -6.81. The molecule has 58 heavy (non-hydrogen) atoms. The standard InChI is InChI=1S/C55H38O2Si/c1-31(56)57-46-29-44-45(30-47(46)58(2,3)4)53-41-26-22-33-14-6-10-18-37(33)49(41)51-39-20-12-8-16-35(39)24-28-43(51)55(53)54-42-27-23-34-15-7-11-19-38(34)50(42)48-36-17-9-5-13-32(36)21-25-40(48)52(44)54/h5-30H,1-4H3. The number of fused-ring (bicyclic) bond motifs is 24. The molecule has 0 aliphatic carbocycles. The molecule has 0 heterocycles. The molecule has 0 bridgehead atoms. The number of ether oxygens (including phenoxy) is 1. The van der Waals surface area contributed by atoms with Crippen molar-refractivity contribution in [1.82, 2.24) is 0 Å². The molecule has 12 rings (SSSR count). The first-order valence-electron chi connectivity index (χ1n) is 20.2. The summed E-state index contributed by atoms with van der Waals surface area (Å²) >= 11 is 0. The summed E-state index contributed by atoms with van der Waals surface area (Å²) in [6.07, 6.45) is 0.